The van der Waals surface area contributed by atoms with Crippen molar-refractivity contribution in [1.29, 1.82) is 0 Å². The molecule has 4 nitrogen and oxygen atoms in total. The Bertz CT molecular complexity index is 379. The topological polar surface area (TPSA) is 49.8 Å². The molecule has 0 unspecified atom stereocenters. The van der Waals surface area contributed by atoms with Gasteiger partial charge >= 0.3 is 12.3 Å². The first-order chi connectivity index (χ1) is 9.42. The van der Waals surface area contributed by atoms with E-state index in [1.54, 1.807) is 20.8 Å². The number of likely N-dealkylation sites (tertiary alicyclic amines) is 1. The number of hydrogen-bond donors (Lipinski definition) is 1. The van der Waals surface area contributed by atoms with Crippen LogP contribution in [0.15, 0.2) is 0 Å². The number of nitrogens with zero attached hydrogens (tertiary/aromatic N) is 1. The van der Waals surface area contributed by atoms with Gasteiger partial charge in [-0.05, 0) is 46.5 Å². The Morgan fingerprint density at radius 2 is 1.86 bits per heavy atom. The lowest BCUT2D eigenvalue weighted by molar-refractivity contribution is -0.282. The predicted octanol–water partition coefficient (Wildman–Crippen LogP) is 3.48. The van der Waals surface area contributed by atoms with Crippen LogP contribution in [0.25, 0.3) is 0 Å². The second kappa shape index (κ2) is 6.02. The quantitative estimate of drug-likeness (QED) is 0.849. The van der Waals surface area contributed by atoms with Crippen LogP contribution in [0.5, 0.6) is 0 Å². The minimum atomic E-state index is -4.79. The zero-order valence-corrected chi connectivity index (χ0v) is 13.0. The molecule has 1 saturated heterocycles. The summed E-state index contributed by atoms with van der Waals surface area (Å²) in [5, 5.41) is 10.1. The number of rotatable bonds is 2. The molecule has 1 aliphatic heterocycles. The summed E-state index contributed by atoms with van der Waals surface area (Å²) >= 11 is 0. The van der Waals surface area contributed by atoms with E-state index in [9.17, 15) is 23.1 Å². The van der Waals surface area contributed by atoms with Crippen LogP contribution in [0.4, 0.5) is 18.0 Å². The second-order valence-electron chi connectivity index (χ2n) is 6.46. The number of aliphatic hydroxyl groups is 1. The smallest absolute Gasteiger partial charge is 0.419 e. The van der Waals surface area contributed by atoms with Gasteiger partial charge in [-0.15, -0.1) is 0 Å². The highest BCUT2D eigenvalue weighted by atomic mass is 19.4. The normalized spacial score (nSPS) is 23.6. The number of hydrogen-bond acceptors (Lipinski definition) is 3. The molecule has 1 fully saturated rings. The van der Waals surface area contributed by atoms with Gasteiger partial charge in [0.2, 0.25) is 0 Å². The lowest BCUT2D eigenvalue weighted by Crippen LogP contribution is -2.63. The molecule has 21 heavy (non-hydrogen) atoms. The van der Waals surface area contributed by atoms with E-state index in [2.05, 4.69) is 0 Å². The zero-order chi connectivity index (χ0) is 16.5. The van der Waals surface area contributed by atoms with Gasteiger partial charge in [-0.25, -0.2) is 4.79 Å². The number of carbonyl (C=O) groups is 1. The maximum absolute atomic E-state index is 13.2. The Kier molecular flexibility index (Phi) is 5.18. The van der Waals surface area contributed by atoms with Crippen molar-refractivity contribution in [3.05, 3.63) is 0 Å². The van der Waals surface area contributed by atoms with Crippen molar-refractivity contribution in [2.45, 2.75) is 76.8 Å². The summed E-state index contributed by atoms with van der Waals surface area (Å²) in [6.07, 6.45) is -4.83. The average Bonchev–Trinajstić information content (AvgIpc) is 2.34. The van der Waals surface area contributed by atoms with Crippen LogP contribution in [0.2, 0.25) is 0 Å². The number of alkyl halides is 3. The summed E-state index contributed by atoms with van der Waals surface area (Å²) in [5.41, 5.74) is -3.69. The van der Waals surface area contributed by atoms with Crippen molar-refractivity contribution in [2.24, 2.45) is 0 Å². The summed E-state index contributed by atoms with van der Waals surface area (Å²) in [7, 11) is 0. The van der Waals surface area contributed by atoms with Gasteiger partial charge in [0.15, 0.2) is 5.60 Å². The molecule has 124 valence electrons. The Morgan fingerprint density at radius 3 is 2.29 bits per heavy atom. The maximum atomic E-state index is 13.2. The largest absolute Gasteiger partial charge is 0.444 e. The summed E-state index contributed by atoms with van der Waals surface area (Å²) in [6, 6.07) is -1.30. The van der Waals surface area contributed by atoms with Gasteiger partial charge in [0.05, 0.1) is 6.04 Å². The molecular weight excluding hydrogens is 287 g/mol. The molecule has 2 atom stereocenters. The van der Waals surface area contributed by atoms with Gasteiger partial charge in [-0.1, -0.05) is 6.92 Å². The third-order valence-electron chi connectivity index (χ3n) is 3.71. The van der Waals surface area contributed by atoms with Gasteiger partial charge in [-0.3, -0.25) is 0 Å². The molecule has 0 aromatic rings. The van der Waals surface area contributed by atoms with Crippen LogP contribution in [-0.4, -0.2) is 46.1 Å². The van der Waals surface area contributed by atoms with E-state index in [-0.39, 0.29) is 13.0 Å². The molecule has 1 rings (SSSR count). The standard InChI is InChI=1S/C14H24F3NO3/c1-5-13(20,14(15,16)17)10-8-6-7-9-18(10)11(19)21-12(2,3)4/h10,20H,5-9H2,1-4H3/t10-,13-/m0/s1. The highest BCUT2D eigenvalue weighted by Crippen LogP contribution is 2.41. The van der Waals surface area contributed by atoms with Gasteiger partial charge < -0.3 is 14.7 Å². The fourth-order valence-corrected chi connectivity index (χ4v) is 2.59. The Morgan fingerprint density at radius 1 is 1.29 bits per heavy atom. The monoisotopic (exact) mass is 311 g/mol. The van der Waals surface area contributed by atoms with E-state index in [0.717, 1.165) is 4.90 Å². The molecule has 1 aliphatic rings. The number of halogens is 3. The van der Waals surface area contributed by atoms with E-state index in [0.29, 0.717) is 12.8 Å². The zero-order valence-electron chi connectivity index (χ0n) is 13.0. The Hall–Kier alpha value is -0.980. The molecule has 0 saturated carbocycles. The number of ether oxygens (including phenoxy) is 1. The van der Waals surface area contributed by atoms with Crippen molar-refractivity contribution in [2.75, 3.05) is 6.54 Å². The molecule has 7 heteroatoms. The first kappa shape index (κ1) is 18.1. The first-order valence-corrected chi connectivity index (χ1v) is 7.21. The summed E-state index contributed by atoms with van der Waals surface area (Å²) in [5.74, 6) is 0. The summed E-state index contributed by atoms with van der Waals surface area (Å²) in [6.45, 7) is 6.40. The molecule has 0 radical (unpaired) electrons. The molecule has 0 aromatic heterocycles. The van der Waals surface area contributed by atoms with Crippen LogP contribution in [0, 0.1) is 0 Å². The van der Waals surface area contributed by atoms with E-state index in [1.165, 1.54) is 6.92 Å². The van der Waals surface area contributed by atoms with Crippen LogP contribution in [-0.2, 0) is 4.74 Å². The van der Waals surface area contributed by atoms with Crippen LogP contribution in [0.1, 0.15) is 53.4 Å². The number of carbonyl (C=O) groups excluding carboxylic acids is 1. The Balaban J connectivity index is 3.04. The molecular formula is C14H24F3NO3. The fourth-order valence-electron chi connectivity index (χ4n) is 2.59. The highest BCUT2D eigenvalue weighted by molar-refractivity contribution is 5.69. The van der Waals surface area contributed by atoms with Crippen molar-refractivity contribution < 1.29 is 27.8 Å². The van der Waals surface area contributed by atoms with E-state index in [4.69, 9.17) is 4.74 Å². The van der Waals surface area contributed by atoms with Crippen molar-refractivity contribution >= 4 is 6.09 Å². The molecule has 1 amide bonds. The lowest BCUT2D eigenvalue weighted by atomic mass is 9.84. The first-order valence-electron chi connectivity index (χ1n) is 7.21. The van der Waals surface area contributed by atoms with E-state index >= 15 is 0 Å². The minimum Gasteiger partial charge on any atom is -0.444 e. The van der Waals surface area contributed by atoms with Crippen LogP contribution < -0.4 is 0 Å². The maximum Gasteiger partial charge on any atom is 0.419 e. The summed E-state index contributed by atoms with van der Waals surface area (Å²) < 4.78 is 44.9. The predicted molar refractivity (Wildman–Crippen MR) is 71.9 cm³/mol. The van der Waals surface area contributed by atoms with Crippen LogP contribution in [0.3, 0.4) is 0 Å². The molecule has 1 heterocycles. The van der Waals surface area contributed by atoms with Crippen LogP contribution >= 0.6 is 0 Å². The van der Waals surface area contributed by atoms with E-state index in [1.807, 2.05) is 0 Å². The van der Waals surface area contributed by atoms with Crippen molar-refractivity contribution in [3.63, 3.8) is 0 Å². The SMILES string of the molecule is CC[C@](O)([C@@H]1CCCCN1C(=O)OC(C)(C)C)C(F)(F)F. The molecule has 0 spiro atoms. The third kappa shape index (κ3) is 4.02. The number of piperidine rings is 1. The van der Waals surface area contributed by atoms with Crippen molar-refractivity contribution in [1.82, 2.24) is 4.90 Å². The average molecular weight is 311 g/mol. The lowest BCUT2D eigenvalue weighted by Gasteiger charge is -2.45. The number of amides is 1. The molecule has 0 aliphatic carbocycles. The second-order valence-corrected chi connectivity index (χ2v) is 6.46. The van der Waals surface area contributed by atoms with Gasteiger partial charge in [-0.2, -0.15) is 13.2 Å². The minimum absolute atomic E-state index is 0.114. The van der Waals surface area contributed by atoms with E-state index < -0.39 is 35.9 Å². The third-order valence-corrected chi connectivity index (χ3v) is 3.71. The van der Waals surface area contributed by atoms with Gasteiger partial charge in [0.25, 0.3) is 0 Å². The van der Waals surface area contributed by atoms with Gasteiger partial charge in [0, 0.05) is 6.54 Å². The Labute approximate surface area is 123 Å². The van der Waals surface area contributed by atoms with Gasteiger partial charge in [0.1, 0.15) is 5.60 Å². The highest BCUT2D eigenvalue weighted by Gasteiger charge is 2.60. The summed E-state index contributed by atoms with van der Waals surface area (Å²) in [4.78, 5) is 13.2. The van der Waals surface area contributed by atoms with Crippen molar-refractivity contribution in [3.8, 4) is 0 Å². The molecule has 0 aromatic carbocycles. The fraction of sp³-hybridized carbons (Fsp3) is 0.929. The molecule has 0 bridgehead atoms. The molecule has 1 N–H and O–H groups in total.